The van der Waals surface area contributed by atoms with E-state index in [1.807, 2.05) is 0 Å². The van der Waals surface area contributed by atoms with Crippen molar-refractivity contribution < 1.29 is 10.2 Å². The van der Waals surface area contributed by atoms with Crippen LogP contribution in [0.1, 0.15) is 54.4 Å². The monoisotopic (exact) mass is 448 g/mol. The minimum atomic E-state index is -2.02. The predicted molar refractivity (Wildman–Crippen MR) is 120 cm³/mol. The number of halogens is 1. The molecule has 0 heterocycles. The molecule has 1 aliphatic carbocycles. The highest BCUT2D eigenvalue weighted by Crippen LogP contribution is 2.55. The third-order valence-corrected chi connectivity index (χ3v) is 20.2. The van der Waals surface area contributed by atoms with Crippen LogP contribution in [0.5, 0.6) is 0 Å². The van der Waals surface area contributed by atoms with Crippen molar-refractivity contribution in [2.75, 3.05) is 5.33 Å². The Morgan fingerprint density at radius 1 is 0.960 bits per heavy atom. The largest absolute Gasteiger partial charge is 0.396 e. The maximum atomic E-state index is 11.8. The van der Waals surface area contributed by atoms with Crippen molar-refractivity contribution in [1.82, 2.24) is 0 Å². The standard InChI is InChI=1S/C20H41BrO2Si2/c1-18(2,3)24(7,8)16(22)20(12-11-15(13-20)14-21)17(23)25(9,10)19(4,5)6/h11,16-17,22-23H,12-14H2,1-10H3. The van der Waals surface area contributed by atoms with Gasteiger partial charge in [-0.25, -0.2) is 0 Å². The Labute approximate surface area is 166 Å². The zero-order valence-electron chi connectivity index (χ0n) is 18.1. The van der Waals surface area contributed by atoms with E-state index in [1.54, 1.807) is 0 Å². The molecule has 0 aromatic carbocycles. The molecule has 0 saturated heterocycles. The van der Waals surface area contributed by atoms with Crippen molar-refractivity contribution in [3.8, 4) is 0 Å². The fourth-order valence-corrected chi connectivity index (χ4v) is 9.69. The Bertz CT molecular complexity index is 481. The van der Waals surface area contributed by atoms with Gasteiger partial charge in [-0.3, -0.25) is 0 Å². The second-order valence-corrected chi connectivity index (χ2v) is 22.9. The van der Waals surface area contributed by atoms with Crippen LogP contribution in [0.3, 0.4) is 0 Å². The summed E-state index contributed by atoms with van der Waals surface area (Å²) in [5.74, 6) is 0. The topological polar surface area (TPSA) is 40.5 Å². The van der Waals surface area contributed by atoms with E-state index in [-0.39, 0.29) is 10.1 Å². The van der Waals surface area contributed by atoms with Gasteiger partial charge in [-0.15, -0.1) is 0 Å². The number of hydrogen-bond acceptors (Lipinski definition) is 2. The highest BCUT2D eigenvalue weighted by Gasteiger charge is 2.60. The molecule has 2 atom stereocenters. The Balaban J connectivity index is 3.45. The van der Waals surface area contributed by atoms with Crippen molar-refractivity contribution in [2.24, 2.45) is 5.41 Å². The van der Waals surface area contributed by atoms with E-state index >= 15 is 0 Å². The number of rotatable bonds is 5. The SMILES string of the molecule is CC(C)(C)[Si](C)(C)C(O)C1(C(O)[Si](C)(C)C(C)(C)C)CC=C(CBr)C1. The predicted octanol–water partition coefficient (Wildman–Crippen LogP) is 5.91. The molecule has 0 aromatic heterocycles. The molecule has 25 heavy (non-hydrogen) atoms. The average molecular weight is 450 g/mol. The van der Waals surface area contributed by atoms with Crippen LogP contribution in [0.15, 0.2) is 11.6 Å². The summed E-state index contributed by atoms with van der Waals surface area (Å²) in [5.41, 5.74) is 0.0686. The molecule has 148 valence electrons. The van der Waals surface area contributed by atoms with Crippen molar-refractivity contribution >= 4 is 32.1 Å². The summed E-state index contributed by atoms with van der Waals surface area (Å²) in [6, 6.07) is 0. The molecule has 0 aromatic rings. The lowest BCUT2D eigenvalue weighted by molar-refractivity contribution is -0.000825. The molecule has 2 nitrogen and oxygen atoms in total. The third kappa shape index (κ3) is 4.05. The van der Waals surface area contributed by atoms with Crippen molar-refractivity contribution in [3.05, 3.63) is 11.6 Å². The molecule has 2 N–H and O–H groups in total. The highest BCUT2D eigenvalue weighted by atomic mass is 79.9. The fourth-order valence-electron chi connectivity index (χ4n) is 3.83. The van der Waals surface area contributed by atoms with Crippen molar-refractivity contribution in [3.63, 3.8) is 0 Å². The van der Waals surface area contributed by atoms with E-state index in [2.05, 4.69) is 89.7 Å². The molecule has 0 bridgehead atoms. The van der Waals surface area contributed by atoms with Gasteiger partial charge in [0.25, 0.3) is 0 Å². The quantitative estimate of drug-likeness (QED) is 0.311. The van der Waals surface area contributed by atoms with Crippen molar-refractivity contribution in [2.45, 2.75) is 102 Å². The molecule has 1 rings (SSSR count). The molecule has 1 aliphatic rings. The van der Waals surface area contributed by atoms with Crippen LogP contribution in [0.2, 0.25) is 36.3 Å². The summed E-state index contributed by atoms with van der Waals surface area (Å²) in [5, 5.41) is 24.5. The molecule has 0 spiro atoms. The fraction of sp³-hybridized carbons (Fsp3) is 0.900. The summed E-state index contributed by atoms with van der Waals surface area (Å²) in [7, 11) is -4.04. The summed E-state index contributed by atoms with van der Waals surface area (Å²) < 4.78 is 0. The highest BCUT2D eigenvalue weighted by molar-refractivity contribution is 9.09. The normalized spacial score (nSPS) is 25.7. The lowest BCUT2D eigenvalue weighted by Crippen LogP contribution is -2.66. The van der Waals surface area contributed by atoms with Crippen molar-refractivity contribution in [1.29, 1.82) is 0 Å². The number of aliphatic hydroxyl groups excluding tert-OH is 2. The van der Waals surface area contributed by atoms with Gasteiger partial charge in [-0.05, 0) is 22.9 Å². The van der Waals surface area contributed by atoms with E-state index in [0.29, 0.717) is 0 Å². The molecule has 5 heteroatoms. The molecule has 0 amide bonds. The molecular formula is C20H41BrO2Si2. The zero-order chi connectivity index (χ0) is 20.1. The second kappa shape index (κ2) is 7.19. The zero-order valence-corrected chi connectivity index (χ0v) is 21.7. The molecule has 0 aliphatic heterocycles. The van der Waals surface area contributed by atoms with Gasteiger partial charge in [0.2, 0.25) is 0 Å². The minimum Gasteiger partial charge on any atom is -0.396 e. The Kier molecular flexibility index (Phi) is 6.79. The first kappa shape index (κ1) is 23.6. The third-order valence-electron chi connectivity index (χ3n) is 7.82. The van der Waals surface area contributed by atoms with E-state index < -0.39 is 33.0 Å². The smallest absolute Gasteiger partial charge is 0.0873 e. The van der Waals surface area contributed by atoms with Crippen LogP contribution in [0, 0.1) is 5.41 Å². The van der Waals surface area contributed by atoms with Crippen LogP contribution in [0.4, 0.5) is 0 Å². The van der Waals surface area contributed by atoms with Crippen LogP contribution >= 0.6 is 15.9 Å². The summed E-state index contributed by atoms with van der Waals surface area (Å²) in [6.45, 7) is 22.7. The van der Waals surface area contributed by atoms with Gasteiger partial charge >= 0.3 is 0 Å². The Morgan fingerprint density at radius 3 is 1.56 bits per heavy atom. The number of alkyl halides is 1. The first-order chi connectivity index (χ1) is 10.9. The van der Waals surface area contributed by atoms with Gasteiger partial charge in [0.15, 0.2) is 0 Å². The van der Waals surface area contributed by atoms with Crippen LogP contribution in [0.25, 0.3) is 0 Å². The van der Waals surface area contributed by atoms with Gasteiger partial charge in [-0.1, -0.05) is 95.3 Å². The lowest BCUT2D eigenvalue weighted by Gasteiger charge is -2.55. The molecular weight excluding hydrogens is 408 g/mol. The molecule has 0 fully saturated rings. The summed E-state index contributed by atoms with van der Waals surface area (Å²) >= 11 is 3.60. The van der Waals surface area contributed by atoms with Crippen LogP contribution < -0.4 is 0 Å². The van der Waals surface area contributed by atoms with E-state index in [1.165, 1.54) is 5.57 Å². The molecule has 0 saturated carbocycles. The van der Waals surface area contributed by atoms with Gasteiger partial charge < -0.3 is 10.2 Å². The number of allylic oxidation sites excluding steroid dienone is 2. The lowest BCUT2D eigenvalue weighted by atomic mass is 9.85. The number of hydrogen-bond donors (Lipinski definition) is 2. The molecule has 2 unspecified atom stereocenters. The van der Waals surface area contributed by atoms with E-state index in [4.69, 9.17) is 0 Å². The summed E-state index contributed by atoms with van der Waals surface area (Å²) in [4.78, 5) is 0. The van der Waals surface area contributed by atoms with Gasteiger partial charge in [0.1, 0.15) is 0 Å². The minimum absolute atomic E-state index is 0.0870. The average Bonchev–Trinajstić information content (AvgIpc) is 2.88. The Hall–Kier alpha value is 0.574. The molecule has 0 radical (unpaired) electrons. The van der Waals surface area contributed by atoms with Gasteiger partial charge in [0, 0.05) is 10.7 Å². The first-order valence-corrected chi connectivity index (χ1v) is 16.8. The maximum absolute atomic E-state index is 11.8. The number of aliphatic hydroxyl groups is 2. The van der Waals surface area contributed by atoms with E-state index in [9.17, 15) is 10.2 Å². The van der Waals surface area contributed by atoms with Gasteiger partial charge in [-0.2, -0.15) is 0 Å². The second-order valence-electron chi connectivity index (χ2n) is 11.4. The summed E-state index contributed by atoms with van der Waals surface area (Å²) in [6.07, 6.45) is 3.89. The Morgan fingerprint density at radius 2 is 1.32 bits per heavy atom. The maximum Gasteiger partial charge on any atom is 0.0873 e. The van der Waals surface area contributed by atoms with Gasteiger partial charge in [0.05, 0.1) is 27.6 Å². The first-order valence-electron chi connectivity index (χ1n) is 9.55. The van der Waals surface area contributed by atoms with E-state index in [0.717, 1.165) is 18.2 Å². The van der Waals surface area contributed by atoms with Crippen LogP contribution in [-0.2, 0) is 0 Å². The van der Waals surface area contributed by atoms with Crippen LogP contribution in [-0.4, -0.2) is 43.1 Å².